The Kier molecular flexibility index (Phi) is 7.92. The molecule has 2 unspecified atom stereocenters. The van der Waals surface area contributed by atoms with E-state index in [1.54, 1.807) is 0 Å². The first-order valence-electron chi connectivity index (χ1n) is 8.83. The molecule has 0 radical (unpaired) electrons. The van der Waals surface area contributed by atoms with Gasteiger partial charge in [0.25, 0.3) is 0 Å². The highest BCUT2D eigenvalue weighted by Gasteiger charge is 2.48. The lowest BCUT2D eigenvalue weighted by molar-refractivity contribution is -0.0550. The highest BCUT2D eigenvalue weighted by molar-refractivity contribution is 7.66. The molecule has 0 amide bonds. The van der Waals surface area contributed by atoms with Crippen molar-refractivity contribution in [2.75, 3.05) is 18.9 Å². The third-order valence-electron chi connectivity index (χ3n) is 4.15. The van der Waals surface area contributed by atoms with Crippen LogP contribution in [0.4, 0.5) is 5.82 Å². The molecule has 2 aromatic heterocycles. The molecule has 6 atom stereocenters. The van der Waals surface area contributed by atoms with Gasteiger partial charge >= 0.3 is 23.5 Å². The summed E-state index contributed by atoms with van der Waals surface area (Å²) in [4.78, 5) is 47.9. The van der Waals surface area contributed by atoms with Crippen LogP contribution in [-0.2, 0) is 36.3 Å². The summed E-state index contributed by atoms with van der Waals surface area (Å²) in [6.07, 6.45) is 2.33. The van der Waals surface area contributed by atoms with Gasteiger partial charge in [-0.3, -0.25) is 9.09 Å². The van der Waals surface area contributed by atoms with Gasteiger partial charge in [0.1, 0.15) is 36.8 Å². The first kappa shape index (κ1) is 26.8. The molecule has 0 saturated carbocycles. The number of imidazole rings is 1. The van der Waals surface area contributed by atoms with E-state index in [4.69, 9.17) is 31.4 Å². The molecular weight excluding hydrogens is 527 g/mol. The summed E-state index contributed by atoms with van der Waals surface area (Å²) in [6.45, 7) is -1.18. The number of nitrogen functional groups attached to an aromatic ring is 1. The van der Waals surface area contributed by atoms with Crippen LogP contribution in [0.1, 0.15) is 6.23 Å². The summed E-state index contributed by atoms with van der Waals surface area (Å²) in [7, 11) is -16.7. The van der Waals surface area contributed by atoms with Crippen LogP contribution in [0, 0.1) is 12.3 Å². The zero-order chi connectivity index (χ0) is 25.3. The number of nitrogens with zero attached hydrogens (tertiary/aromatic N) is 4. The van der Waals surface area contributed by atoms with Crippen molar-refractivity contribution in [3.63, 3.8) is 0 Å². The van der Waals surface area contributed by atoms with Crippen molar-refractivity contribution in [3.8, 4) is 12.3 Å². The highest BCUT2D eigenvalue weighted by Crippen LogP contribution is 2.66. The topological polar surface area (TPSA) is 268 Å². The van der Waals surface area contributed by atoms with Crippen molar-refractivity contribution in [2.24, 2.45) is 0 Å². The Morgan fingerprint density at radius 1 is 1.15 bits per heavy atom. The molecule has 21 heteroatoms. The van der Waals surface area contributed by atoms with Crippen LogP contribution in [0.25, 0.3) is 11.2 Å². The number of rotatable bonds is 10. The normalized spacial score (nSPS) is 26.7. The second kappa shape index (κ2) is 10.1. The second-order valence-electron chi connectivity index (χ2n) is 6.51. The van der Waals surface area contributed by atoms with E-state index in [1.807, 2.05) is 0 Å². The van der Waals surface area contributed by atoms with Crippen LogP contribution in [0.5, 0.6) is 0 Å². The lowest BCUT2D eigenvalue weighted by Gasteiger charge is -2.21. The zero-order valence-corrected chi connectivity index (χ0v) is 19.3. The summed E-state index contributed by atoms with van der Waals surface area (Å²) in [5, 5.41) is 10.7. The van der Waals surface area contributed by atoms with Gasteiger partial charge in [-0.05, 0) is 0 Å². The molecule has 1 fully saturated rings. The number of fused-ring (bicyclic) bond motifs is 1. The molecule has 1 aliphatic rings. The Labute approximate surface area is 190 Å². The molecule has 3 heterocycles. The van der Waals surface area contributed by atoms with Gasteiger partial charge in [-0.25, -0.2) is 28.6 Å². The molecule has 3 rings (SSSR count). The minimum absolute atomic E-state index is 0.0561. The van der Waals surface area contributed by atoms with Crippen molar-refractivity contribution in [1.82, 2.24) is 19.5 Å². The van der Waals surface area contributed by atoms with Crippen LogP contribution in [0.3, 0.4) is 0 Å². The molecule has 2 aromatic rings. The molecule has 0 aromatic carbocycles. The fourth-order valence-corrected chi connectivity index (χ4v) is 5.99. The molecule has 188 valence electrons. The predicted molar refractivity (Wildman–Crippen MR) is 108 cm³/mol. The molecule has 0 bridgehead atoms. The van der Waals surface area contributed by atoms with Gasteiger partial charge in [-0.15, -0.1) is 6.42 Å². The van der Waals surface area contributed by atoms with Crippen LogP contribution >= 0.6 is 23.5 Å². The van der Waals surface area contributed by atoms with Gasteiger partial charge in [0, 0.05) is 0 Å². The maximum Gasteiger partial charge on any atom is 0.490 e. The number of hydrogen-bond acceptors (Lipinski definition) is 13. The minimum Gasteiger partial charge on any atom is -0.386 e. The first-order valence-corrected chi connectivity index (χ1v) is 13.3. The molecule has 34 heavy (non-hydrogen) atoms. The van der Waals surface area contributed by atoms with E-state index < -0.39 is 54.6 Å². The molecular formula is C13H18N5O13P3. The highest BCUT2D eigenvalue weighted by atomic mass is 31.3. The quantitative estimate of drug-likeness (QED) is 0.155. The molecule has 0 aliphatic carbocycles. The van der Waals surface area contributed by atoms with E-state index in [2.05, 4.69) is 34.0 Å². The average molecular weight is 545 g/mol. The Morgan fingerprint density at radius 3 is 2.50 bits per heavy atom. The number of aliphatic hydroxyl groups is 1. The minimum atomic E-state index is -5.71. The lowest BCUT2D eigenvalue weighted by Crippen LogP contribution is -2.36. The van der Waals surface area contributed by atoms with E-state index in [9.17, 15) is 28.6 Å². The third kappa shape index (κ3) is 6.45. The maximum atomic E-state index is 12.0. The number of phosphoric acid groups is 3. The van der Waals surface area contributed by atoms with Crippen molar-refractivity contribution in [1.29, 1.82) is 0 Å². The monoisotopic (exact) mass is 545 g/mol. The predicted octanol–water partition coefficient (Wildman–Crippen LogP) is -0.972. The number of terminal acetylenes is 1. The molecule has 7 N–H and O–H groups in total. The van der Waals surface area contributed by atoms with E-state index in [0.29, 0.717) is 0 Å². The smallest absolute Gasteiger partial charge is 0.386 e. The first-order chi connectivity index (χ1) is 15.7. The van der Waals surface area contributed by atoms with Gasteiger partial charge in [0.15, 0.2) is 17.7 Å². The molecule has 0 spiro atoms. The number of hydrogen-bond donors (Lipinski definition) is 6. The van der Waals surface area contributed by atoms with Crippen LogP contribution < -0.4 is 5.73 Å². The van der Waals surface area contributed by atoms with Gasteiger partial charge in [0.05, 0.1) is 12.9 Å². The molecule has 18 nitrogen and oxygen atoms in total. The van der Waals surface area contributed by atoms with Crippen molar-refractivity contribution in [3.05, 3.63) is 12.7 Å². The van der Waals surface area contributed by atoms with Crippen LogP contribution in [0.2, 0.25) is 0 Å². The van der Waals surface area contributed by atoms with Gasteiger partial charge in [0.2, 0.25) is 0 Å². The van der Waals surface area contributed by atoms with Crippen LogP contribution in [0.15, 0.2) is 12.7 Å². The standard InChI is InChI=1S/C13H18N5O13P3/c1-2-3-27-10-7(4-28-33(23,24)31-34(25,26)30-32(20,21)22)29-13(9(10)19)18-6-17-8-11(14)15-5-16-12(8)18/h1,5-7,9-10,13,19H,3-4H2,(H,23,24)(H,25,26)(H2,14,15,16)(H2,20,21,22)/t7-,9-,10-,13-/m1/s1. The maximum absolute atomic E-state index is 12.0. The van der Waals surface area contributed by atoms with E-state index >= 15 is 0 Å². The summed E-state index contributed by atoms with van der Waals surface area (Å²) < 4.78 is 58.3. The SMILES string of the molecule is C#CCO[C@H]1[C@@H](O)[C@H](n2cnc3c(N)ncnc32)O[C@@H]1COP(=O)(O)OP(=O)(O)OP(=O)(O)O. The Hall–Kier alpha value is -1.80. The number of anilines is 1. The van der Waals surface area contributed by atoms with Crippen molar-refractivity contribution in [2.45, 2.75) is 24.5 Å². The van der Waals surface area contributed by atoms with Gasteiger partial charge in [-0.2, -0.15) is 8.62 Å². The fraction of sp³-hybridized carbons (Fsp3) is 0.462. The van der Waals surface area contributed by atoms with Gasteiger partial charge < -0.3 is 39.9 Å². The number of phosphoric ester groups is 1. The Morgan fingerprint density at radius 2 is 1.85 bits per heavy atom. The second-order valence-corrected chi connectivity index (χ2v) is 10.9. The largest absolute Gasteiger partial charge is 0.490 e. The summed E-state index contributed by atoms with van der Waals surface area (Å²) in [5.74, 6) is 2.23. The number of aromatic nitrogens is 4. The van der Waals surface area contributed by atoms with E-state index in [0.717, 1.165) is 6.33 Å². The molecule has 1 saturated heterocycles. The number of aliphatic hydroxyl groups excluding tert-OH is 1. The van der Waals surface area contributed by atoms with Crippen molar-refractivity contribution < 1.29 is 61.0 Å². The van der Waals surface area contributed by atoms with E-state index in [-0.39, 0.29) is 23.6 Å². The van der Waals surface area contributed by atoms with Crippen LogP contribution in [-0.4, -0.2) is 75.7 Å². The average Bonchev–Trinajstić information content (AvgIpc) is 3.24. The fourth-order valence-electron chi connectivity index (χ4n) is 2.96. The number of nitrogens with two attached hydrogens (primary N) is 1. The lowest BCUT2D eigenvalue weighted by atomic mass is 10.1. The summed E-state index contributed by atoms with van der Waals surface area (Å²) in [6, 6.07) is 0. The van der Waals surface area contributed by atoms with Gasteiger partial charge in [-0.1, -0.05) is 5.92 Å². The summed E-state index contributed by atoms with van der Waals surface area (Å²) >= 11 is 0. The Balaban J connectivity index is 1.77. The number of ether oxygens (including phenoxy) is 2. The zero-order valence-electron chi connectivity index (χ0n) is 16.7. The Bertz CT molecular complexity index is 1230. The summed E-state index contributed by atoms with van der Waals surface area (Å²) in [5.41, 5.74) is 6.12. The van der Waals surface area contributed by atoms with Crippen molar-refractivity contribution >= 4 is 40.4 Å². The molecule has 1 aliphatic heterocycles. The third-order valence-corrected chi connectivity index (χ3v) is 7.95. The van der Waals surface area contributed by atoms with E-state index in [1.165, 1.54) is 10.9 Å².